The highest BCUT2D eigenvalue weighted by Gasteiger charge is 2.20. The number of hydrogen-bond acceptors (Lipinski definition) is 3. The Bertz CT molecular complexity index is 212. The Morgan fingerprint density at radius 2 is 1.89 bits per heavy atom. The van der Waals surface area contributed by atoms with Gasteiger partial charge in [0.25, 0.3) is 0 Å². The smallest absolute Gasteiger partial charge is 0.0117 e. The summed E-state index contributed by atoms with van der Waals surface area (Å²) in [6.45, 7) is 12.9. The number of nitrogens with zero attached hydrogens (tertiary/aromatic N) is 2. The minimum absolute atomic E-state index is 0.683. The Morgan fingerprint density at radius 1 is 1.21 bits per heavy atom. The lowest BCUT2D eigenvalue weighted by atomic mass is 10.0. The second kappa shape index (κ2) is 9.73. The third kappa shape index (κ3) is 6.73. The standard InChI is InChI=1S/C16H35N3/c1-5-17-15(3)9-7-8-12-18(4)16-10-13-19(6-2)14-11-16/h15-17H,5-14H2,1-4H3. The first kappa shape index (κ1) is 16.9. The van der Waals surface area contributed by atoms with Crippen molar-refractivity contribution in [2.24, 2.45) is 0 Å². The van der Waals surface area contributed by atoms with Gasteiger partial charge >= 0.3 is 0 Å². The van der Waals surface area contributed by atoms with Gasteiger partial charge in [0, 0.05) is 12.1 Å². The van der Waals surface area contributed by atoms with E-state index in [0.717, 1.165) is 12.6 Å². The van der Waals surface area contributed by atoms with Crippen LogP contribution in [0.2, 0.25) is 0 Å². The molecule has 1 saturated heterocycles. The summed E-state index contributed by atoms with van der Waals surface area (Å²) in [7, 11) is 2.32. The van der Waals surface area contributed by atoms with Gasteiger partial charge in [-0.05, 0) is 72.4 Å². The van der Waals surface area contributed by atoms with Gasteiger partial charge in [0.15, 0.2) is 0 Å². The van der Waals surface area contributed by atoms with Gasteiger partial charge in [0.05, 0.1) is 0 Å². The summed E-state index contributed by atoms with van der Waals surface area (Å²) in [5.74, 6) is 0. The molecule has 1 heterocycles. The van der Waals surface area contributed by atoms with Crippen LogP contribution in [0.5, 0.6) is 0 Å². The van der Waals surface area contributed by atoms with Crippen molar-refractivity contribution in [2.45, 2.75) is 65.0 Å². The Hall–Kier alpha value is -0.120. The molecular formula is C16H35N3. The van der Waals surface area contributed by atoms with Gasteiger partial charge in [-0.1, -0.05) is 20.3 Å². The number of nitrogens with one attached hydrogen (secondary N) is 1. The monoisotopic (exact) mass is 269 g/mol. The van der Waals surface area contributed by atoms with Gasteiger partial charge in [-0.3, -0.25) is 0 Å². The molecule has 1 N–H and O–H groups in total. The molecule has 0 amide bonds. The number of rotatable bonds is 9. The first-order valence-corrected chi connectivity index (χ1v) is 8.33. The summed E-state index contributed by atoms with van der Waals surface area (Å²) in [6, 6.07) is 1.51. The summed E-state index contributed by atoms with van der Waals surface area (Å²) < 4.78 is 0. The zero-order chi connectivity index (χ0) is 14.1. The first-order chi connectivity index (χ1) is 9.17. The van der Waals surface area contributed by atoms with Gasteiger partial charge in [0.1, 0.15) is 0 Å². The third-order valence-electron chi connectivity index (χ3n) is 4.58. The van der Waals surface area contributed by atoms with Gasteiger partial charge in [-0.25, -0.2) is 0 Å². The number of likely N-dealkylation sites (tertiary alicyclic amines) is 1. The zero-order valence-corrected chi connectivity index (χ0v) is 13.6. The maximum Gasteiger partial charge on any atom is 0.0117 e. The average molecular weight is 269 g/mol. The fourth-order valence-corrected chi connectivity index (χ4v) is 3.12. The van der Waals surface area contributed by atoms with Gasteiger partial charge in [0.2, 0.25) is 0 Å². The molecule has 1 atom stereocenters. The normalized spacial score (nSPS) is 20.1. The lowest BCUT2D eigenvalue weighted by molar-refractivity contribution is 0.130. The maximum absolute atomic E-state index is 3.49. The Morgan fingerprint density at radius 3 is 2.47 bits per heavy atom. The van der Waals surface area contributed by atoms with Crippen molar-refractivity contribution < 1.29 is 0 Å². The number of hydrogen-bond donors (Lipinski definition) is 1. The molecule has 1 unspecified atom stereocenters. The molecule has 1 rings (SSSR count). The van der Waals surface area contributed by atoms with Gasteiger partial charge in [-0.15, -0.1) is 0 Å². The van der Waals surface area contributed by atoms with E-state index in [1.54, 1.807) is 0 Å². The molecule has 3 heteroatoms. The number of unbranched alkanes of at least 4 members (excludes halogenated alkanes) is 1. The highest BCUT2D eigenvalue weighted by Crippen LogP contribution is 2.15. The van der Waals surface area contributed by atoms with Gasteiger partial charge < -0.3 is 15.1 Å². The van der Waals surface area contributed by atoms with Crippen LogP contribution in [0.3, 0.4) is 0 Å². The van der Waals surface area contributed by atoms with E-state index in [1.807, 2.05) is 0 Å². The molecule has 1 fully saturated rings. The summed E-state index contributed by atoms with van der Waals surface area (Å²) in [5, 5.41) is 3.49. The summed E-state index contributed by atoms with van der Waals surface area (Å²) in [5.41, 5.74) is 0. The van der Waals surface area contributed by atoms with E-state index < -0.39 is 0 Å². The first-order valence-electron chi connectivity index (χ1n) is 8.33. The van der Waals surface area contributed by atoms with E-state index >= 15 is 0 Å². The fourth-order valence-electron chi connectivity index (χ4n) is 3.12. The average Bonchev–Trinajstić information content (AvgIpc) is 2.44. The van der Waals surface area contributed by atoms with E-state index in [9.17, 15) is 0 Å². The molecule has 1 aliphatic heterocycles. The van der Waals surface area contributed by atoms with Crippen LogP contribution in [0.25, 0.3) is 0 Å². The van der Waals surface area contributed by atoms with Crippen LogP contribution in [-0.2, 0) is 0 Å². The third-order valence-corrected chi connectivity index (χ3v) is 4.58. The molecule has 0 aromatic rings. The molecule has 0 bridgehead atoms. The van der Waals surface area contributed by atoms with Crippen LogP contribution in [0.15, 0.2) is 0 Å². The van der Waals surface area contributed by atoms with Crippen molar-refractivity contribution in [3.05, 3.63) is 0 Å². The highest BCUT2D eigenvalue weighted by atomic mass is 15.2. The van der Waals surface area contributed by atoms with Gasteiger partial charge in [-0.2, -0.15) is 0 Å². The highest BCUT2D eigenvalue weighted by molar-refractivity contribution is 4.77. The minimum atomic E-state index is 0.683. The van der Waals surface area contributed by atoms with E-state index in [0.29, 0.717) is 6.04 Å². The van der Waals surface area contributed by atoms with Crippen molar-refractivity contribution in [1.29, 1.82) is 0 Å². The van der Waals surface area contributed by atoms with Crippen molar-refractivity contribution >= 4 is 0 Å². The number of piperidine rings is 1. The molecule has 0 spiro atoms. The lowest BCUT2D eigenvalue weighted by Crippen LogP contribution is -2.43. The predicted octanol–water partition coefficient (Wildman–Crippen LogP) is 2.57. The van der Waals surface area contributed by atoms with Crippen LogP contribution in [0, 0.1) is 0 Å². The molecule has 1 aliphatic rings. The fraction of sp³-hybridized carbons (Fsp3) is 1.00. The second-order valence-corrected chi connectivity index (χ2v) is 6.10. The summed E-state index contributed by atoms with van der Waals surface area (Å²) in [6.07, 6.45) is 6.73. The molecule has 19 heavy (non-hydrogen) atoms. The minimum Gasteiger partial charge on any atom is -0.315 e. The maximum atomic E-state index is 3.49. The lowest BCUT2D eigenvalue weighted by Gasteiger charge is -2.36. The molecule has 0 aromatic heterocycles. The quantitative estimate of drug-likeness (QED) is 0.649. The van der Waals surface area contributed by atoms with Crippen LogP contribution < -0.4 is 5.32 Å². The van der Waals surface area contributed by atoms with E-state index in [2.05, 4.69) is 42.9 Å². The van der Waals surface area contributed by atoms with E-state index in [1.165, 1.54) is 58.3 Å². The predicted molar refractivity (Wildman–Crippen MR) is 84.8 cm³/mol. The van der Waals surface area contributed by atoms with Crippen LogP contribution in [-0.4, -0.2) is 61.7 Å². The summed E-state index contributed by atoms with van der Waals surface area (Å²) >= 11 is 0. The summed E-state index contributed by atoms with van der Waals surface area (Å²) in [4.78, 5) is 5.17. The second-order valence-electron chi connectivity index (χ2n) is 6.10. The largest absolute Gasteiger partial charge is 0.315 e. The Labute approximate surface area is 120 Å². The van der Waals surface area contributed by atoms with E-state index in [4.69, 9.17) is 0 Å². The molecular weight excluding hydrogens is 234 g/mol. The topological polar surface area (TPSA) is 18.5 Å². The molecule has 0 aromatic carbocycles. The van der Waals surface area contributed by atoms with Crippen molar-refractivity contribution in [2.75, 3.05) is 39.8 Å². The Balaban J connectivity index is 2.06. The van der Waals surface area contributed by atoms with Crippen LogP contribution >= 0.6 is 0 Å². The zero-order valence-electron chi connectivity index (χ0n) is 13.6. The van der Waals surface area contributed by atoms with Crippen molar-refractivity contribution in [3.63, 3.8) is 0 Å². The van der Waals surface area contributed by atoms with E-state index in [-0.39, 0.29) is 0 Å². The van der Waals surface area contributed by atoms with Crippen molar-refractivity contribution in [1.82, 2.24) is 15.1 Å². The van der Waals surface area contributed by atoms with Crippen LogP contribution in [0.4, 0.5) is 0 Å². The van der Waals surface area contributed by atoms with Crippen molar-refractivity contribution in [3.8, 4) is 0 Å². The Kier molecular flexibility index (Phi) is 8.67. The van der Waals surface area contributed by atoms with Crippen LogP contribution in [0.1, 0.15) is 52.9 Å². The molecule has 0 saturated carbocycles. The molecule has 0 aliphatic carbocycles. The molecule has 0 radical (unpaired) electrons. The molecule has 3 nitrogen and oxygen atoms in total. The molecule has 114 valence electrons. The SMILES string of the molecule is CCNC(C)CCCCN(C)C1CCN(CC)CC1.